The van der Waals surface area contributed by atoms with Crippen LogP contribution in [0.15, 0.2) is 30.3 Å². The number of nitrogens with zero attached hydrogens (tertiary/aromatic N) is 1. The Balaban J connectivity index is 0.00000169. The average Bonchev–Trinajstić information content (AvgIpc) is 2.04. The summed E-state index contributed by atoms with van der Waals surface area (Å²) in [5, 5.41) is 8.69. The van der Waals surface area contributed by atoms with Crippen molar-refractivity contribution in [3.05, 3.63) is 30.3 Å². The monoisotopic (exact) mass is 215 g/mol. The minimum atomic E-state index is -0.783. The van der Waals surface area contributed by atoms with Gasteiger partial charge in [0.2, 0.25) is 0 Å². The number of para-hydroxylation sites is 1. The molecule has 0 heterocycles. The van der Waals surface area contributed by atoms with Crippen LogP contribution in [0.1, 0.15) is 0 Å². The fourth-order valence-corrected chi connectivity index (χ4v) is 1.26. The number of hydrogen-bond donors (Lipinski definition) is 1. The van der Waals surface area contributed by atoms with Gasteiger partial charge in [0.05, 0.1) is 14.1 Å². The lowest BCUT2D eigenvalue weighted by atomic mass is 10.2. The summed E-state index contributed by atoms with van der Waals surface area (Å²) in [4.78, 5) is 10.6. The van der Waals surface area contributed by atoms with Gasteiger partial charge in [0.15, 0.2) is 6.54 Å². The quantitative estimate of drug-likeness (QED) is 0.614. The number of likely N-dealkylation sites (N-methyl/N-ethyl adjacent to an activating group) is 1. The summed E-state index contributed by atoms with van der Waals surface area (Å²) < 4.78 is 0.371. The molecule has 0 atom stereocenters. The second-order valence-corrected chi connectivity index (χ2v) is 3.57. The zero-order valence-corrected chi connectivity index (χ0v) is 9.03. The molecule has 0 fully saturated rings. The van der Waals surface area contributed by atoms with Crippen LogP contribution in [-0.2, 0) is 4.79 Å². The highest BCUT2D eigenvalue weighted by molar-refractivity contribution is 5.71. The van der Waals surface area contributed by atoms with E-state index in [1.165, 1.54) is 0 Å². The van der Waals surface area contributed by atoms with Gasteiger partial charge in [-0.05, 0) is 12.1 Å². The van der Waals surface area contributed by atoms with Crippen molar-refractivity contribution in [2.24, 2.45) is 0 Å². The third-order valence-corrected chi connectivity index (χ3v) is 1.99. The lowest BCUT2D eigenvalue weighted by molar-refractivity contribution is -0.137. The lowest BCUT2D eigenvalue weighted by Gasteiger charge is -2.26. The zero-order chi connectivity index (χ0) is 9.90. The van der Waals surface area contributed by atoms with Gasteiger partial charge in [-0.1, -0.05) is 18.2 Å². The Bertz CT molecular complexity index is 298. The first-order valence-electron chi connectivity index (χ1n) is 4.13. The zero-order valence-electron chi connectivity index (χ0n) is 8.27. The molecule has 0 amide bonds. The Kier molecular flexibility index (Phi) is 4.60. The maximum atomic E-state index is 10.6. The third-order valence-electron chi connectivity index (χ3n) is 1.99. The van der Waals surface area contributed by atoms with Gasteiger partial charge in [0, 0.05) is 0 Å². The topological polar surface area (TPSA) is 37.3 Å². The fraction of sp³-hybridized carbons (Fsp3) is 0.300. The number of rotatable bonds is 3. The van der Waals surface area contributed by atoms with Crippen LogP contribution in [0.25, 0.3) is 0 Å². The number of carboxylic acids is 1. The first-order chi connectivity index (χ1) is 6.02. The number of aliphatic carboxylic acids is 1. The highest BCUT2D eigenvalue weighted by Gasteiger charge is 2.21. The maximum absolute atomic E-state index is 10.6. The van der Waals surface area contributed by atoms with Crippen LogP contribution in [0.2, 0.25) is 0 Å². The van der Waals surface area contributed by atoms with Crippen molar-refractivity contribution in [1.82, 2.24) is 4.48 Å². The smallest absolute Gasteiger partial charge is 0.359 e. The van der Waals surface area contributed by atoms with Crippen LogP contribution in [0.3, 0.4) is 0 Å². The van der Waals surface area contributed by atoms with Gasteiger partial charge >= 0.3 is 5.97 Å². The van der Waals surface area contributed by atoms with E-state index < -0.39 is 5.97 Å². The van der Waals surface area contributed by atoms with Crippen molar-refractivity contribution in [1.29, 1.82) is 0 Å². The van der Waals surface area contributed by atoms with Crippen LogP contribution in [0.5, 0.6) is 0 Å². The van der Waals surface area contributed by atoms with E-state index in [0.29, 0.717) is 4.48 Å². The molecule has 0 saturated heterocycles. The highest BCUT2D eigenvalue weighted by Crippen LogP contribution is 2.16. The van der Waals surface area contributed by atoms with E-state index in [1.807, 2.05) is 44.4 Å². The number of quaternary nitrogens is 1. The van der Waals surface area contributed by atoms with Gasteiger partial charge in [-0.15, -0.1) is 0 Å². The predicted molar refractivity (Wildman–Crippen MR) is 52.6 cm³/mol. The lowest BCUT2D eigenvalue weighted by Crippen LogP contribution is -3.00. The van der Waals surface area contributed by atoms with Crippen molar-refractivity contribution in [3.63, 3.8) is 0 Å². The molecule has 0 bridgehead atoms. The van der Waals surface area contributed by atoms with Crippen molar-refractivity contribution in [2.45, 2.75) is 0 Å². The number of halogens is 1. The Morgan fingerprint density at radius 3 is 2.21 bits per heavy atom. The summed E-state index contributed by atoms with van der Waals surface area (Å²) in [7, 11) is 3.76. The number of carboxylic acid groups (broad SMARTS) is 1. The molecule has 1 aromatic rings. The molecular formula is C10H14ClNO2. The van der Waals surface area contributed by atoms with Gasteiger partial charge in [0.1, 0.15) is 5.69 Å². The van der Waals surface area contributed by atoms with E-state index in [0.717, 1.165) is 5.69 Å². The van der Waals surface area contributed by atoms with E-state index in [-0.39, 0.29) is 19.0 Å². The normalized spacial score (nSPS) is 10.4. The largest absolute Gasteiger partial charge is 1.00 e. The summed E-state index contributed by atoms with van der Waals surface area (Å²) in [6.07, 6.45) is 0. The minimum absolute atomic E-state index is 0. The molecular weight excluding hydrogens is 202 g/mol. The minimum Gasteiger partial charge on any atom is -1.00 e. The molecule has 0 spiro atoms. The fourth-order valence-electron chi connectivity index (χ4n) is 1.26. The van der Waals surface area contributed by atoms with Crippen molar-refractivity contribution in [3.8, 4) is 0 Å². The summed E-state index contributed by atoms with van der Waals surface area (Å²) in [6.45, 7) is 0.101. The summed E-state index contributed by atoms with van der Waals surface area (Å²) in [5.74, 6) is -0.783. The second-order valence-electron chi connectivity index (χ2n) is 3.57. The molecule has 0 aliphatic carbocycles. The van der Waals surface area contributed by atoms with Crippen molar-refractivity contribution < 1.29 is 22.3 Å². The number of benzene rings is 1. The van der Waals surface area contributed by atoms with E-state index in [9.17, 15) is 4.79 Å². The van der Waals surface area contributed by atoms with Gasteiger partial charge in [0.25, 0.3) is 0 Å². The Hall–Kier alpha value is -1.06. The summed E-state index contributed by atoms with van der Waals surface area (Å²) in [5.41, 5.74) is 1.00. The Morgan fingerprint density at radius 1 is 1.29 bits per heavy atom. The van der Waals surface area contributed by atoms with Gasteiger partial charge in [-0.25, -0.2) is 4.79 Å². The Labute approximate surface area is 90.0 Å². The maximum Gasteiger partial charge on any atom is 0.359 e. The van der Waals surface area contributed by atoms with Crippen molar-refractivity contribution in [2.75, 3.05) is 20.6 Å². The molecule has 14 heavy (non-hydrogen) atoms. The average molecular weight is 216 g/mol. The summed E-state index contributed by atoms with van der Waals surface area (Å²) in [6, 6.07) is 9.62. The first kappa shape index (κ1) is 12.9. The molecule has 1 rings (SSSR count). The molecule has 0 aromatic heterocycles. The van der Waals surface area contributed by atoms with E-state index in [4.69, 9.17) is 5.11 Å². The van der Waals surface area contributed by atoms with Gasteiger partial charge in [-0.3, -0.25) is 4.48 Å². The molecule has 0 unspecified atom stereocenters. The molecule has 1 N–H and O–H groups in total. The molecule has 0 aliphatic rings. The predicted octanol–water partition coefficient (Wildman–Crippen LogP) is -1.66. The number of hydrogen-bond acceptors (Lipinski definition) is 1. The number of carbonyl (C=O) groups is 1. The van der Waals surface area contributed by atoms with Crippen LogP contribution < -0.4 is 16.9 Å². The molecule has 4 heteroatoms. The Morgan fingerprint density at radius 2 is 1.79 bits per heavy atom. The SMILES string of the molecule is C[N+](C)(CC(=O)O)c1ccccc1.[Cl-]. The van der Waals surface area contributed by atoms with E-state index in [1.54, 1.807) is 0 Å². The molecule has 0 aliphatic heterocycles. The van der Waals surface area contributed by atoms with Crippen molar-refractivity contribution >= 4 is 11.7 Å². The molecule has 78 valence electrons. The highest BCUT2D eigenvalue weighted by atomic mass is 35.5. The van der Waals surface area contributed by atoms with Crippen LogP contribution in [0.4, 0.5) is 5.69 Å². The summed E-state index contributed by atoms with van der Waals surface area (Å²) >= 11 is 0. The standard InChI is InChI=1S/C10H13NO2.ClH/c1-11(2,8-10(12)13)9-6-4-3-5-7-9;/h3-7H,8H2,1-2H3;1H. The van der Waals surface area contributed by atoms with Crippen LogP contribution in [-0.4, -0.2) is 31.7 Å². The van der Waals surface area contributed by atoms with Crippen LogP contribution >= 0.6 is 0 Å². The third kappa shape index (κ3) is 3.36. The van der Waals surface area contributed by atoms with E-state index >= 15 is 0 Å². The molecule has 1 aromatic carbocycles. The molecule has 0 radical (unpaired) electrons. The second kappa shape index (κ2) is 4.98. The van der Waals surface area contributed by atoms with Crippen LogP contribution in [0, 0.1) is 0 Å². The molecule has 0 saturated carbocycles. The molecule has 3 nitrogen and oxygen atoms in total. The van der Waals surface area contributed by atoms with Gasteiger partial charge in [-0.2, -0.15) is 0 Å². The van der Waals surface area contributed by atoms with Gasteiger partial charge < -0.3 is 17.5 Å². The first-order valence-corrected chi connectivity index (χ1v) is 4.13. The van der Waals surface area contributed by atoms with E-state index in [2.05, 4.69) is 0 Å².